The molecule has 0 N–H and O–H groups in total. The van der Waals surface area contributed by atoms with Crippen molar-refractivity contribution in [2.75, 3.05) is 6.61 Å². The third-order valence-corrected chi connectivity index (χ3v) is 3.01. The first kappa shape index (κ1) is 20.1. The van der Waals surface area contributed by atoms with E-state index in [0.717, 1.165) is 18.8 Å². The van der Waals surface area contributed by atoms with Crippen LogP contribution >= 0.6 is 13.6 Å². The molecule has 0 saturated heterocycles. The molecule has 1 aromatic rings. The molecular formula is C17H27BrOZn. The van der Waals surface area contributed by atoms with Gasteiger partial charge in [0.25, 0.3) is 0 Å². The van der Waals surface area contributed by atoms with E-state index in [1.165, 1.54) is 27.5 Å². The summed E-state index contributed by atoms with van der Waals surface area (Å²) in [6.45, 7) is 16.3. The number of rotatable bonds is 3. The van der Waals surface area contributed by atoms with Gasteiger partial charge in [-0.15, -0.1) is 11.1 Å². The minimum absolute atomic E-state index is 0.0842. The fourth-order valence-electron chi connectivity index (χ4n) is 1.96. The zero-order chi connectivity index (χ0) is 16.0. The Labute approximate surface area is 141 Å². The molecule has 0 saturated carbocycles. The average molecular weight is 393 g/mol. The summed E-state index contributed by atoms with van der Waals surface area (Å²) in [6, 6.07) is 7.42. The number of ether oxygens (including phenoxy) is 1. The van der Waals surface area contributed by atoms with E-state index in [2.05, 4.69) is 80.3 Å². The first-order valence-corrected chi connectivity index (χ1v) is 14.1. The Bertz CT molecular complexity index is 370. The second-order valence-corrected chi connectivity index (χ2v) is 6.96. The molecule has 0 atom stereocenters. The molecular weight excluding hydrogens is 365 g/mol. The Morgan fingerprint density at radius 3 is 1.70 bits per heavy atom. The Morgan fingerprint density at radius 1 is 1.00 bits per heavy atom. The number of halogens is 1. The van der Waals surface area contributed by atoms with Gasteiger partial charge in [-0.3, -0.25) is 0 Å². The first-order chi connectivity index (χ1) is 9.18. The van der Waals surface area contributed by atoms with Gasteiger partial charge in [-0.2, -0.15) is 18.2 Å². The Hall–Kier alpha value is 0.123. The van der Waals surface area contributed by atoms with Crippen LogP contribution in [-0.2, 0) is 27.2 Å². The van der Waals surface area contributed by atoms with Gasteiger partial charge in [-0.1, -0.05) is 59.3 Å². The second-order valence-electron chi connectivity index (χ2n) is 6.96. The summed E-state index contributed by atoms with van der Waals surface area (Å²) in [5.74, 6) is 1.07. The van der Waals surface area contributed by atoms with Gasteiger partial charge in [0, 0.05) is 5.75 Å². The van der Waals surface area contributed by atoms with E-state index in [-0.39, 0.29) is 10.8 Å². The monoisotopic (exact) mass is 390 g/mol. The molecule has 0 amide bonds. The Kier molecular flexibility index (Phi) is 8.59. The van der Waals surface area contributed by atoms with Crippen LogP contribution in [0.4, 0.5) is 0 Å². The van der Waals surface area contributed by atoms with Crippen LogP contribution < -0.4 is 4.74 Å². The molecule has 0 bridgehead atoms. The fourth-order valence-corrected chi connectivity index (χ4v) is 1.96. The quantitative estimate of drug-likeness (QED) is 0.472. The molecule has 0 fully saturated rings. The Balaban J connectivity index is 0.00000172. The molecule has 110 valence electrons. The van der Waals surface area contributed by atoms with Gasteiger partial charge in [0.15, 0.2) is 0 Å². The minimum atomic E-state index is 0.0842. The van der Waals surface area contributed by atoms with Crippen molar-refractivity contribution in [2.45, 2.75) is 65.7 Å². The number of hydrogen-bond acceptors (Lipinski definition) is 1. The van der Waals surface area contributed by atoms with E-state index in [9.17, 15) is 0 Å². The predicted octanol–water partition coefficient (Wildman–Crippen LogP) is 5.71. The van der Waals surface area contributed by atoms with Gasteiger partial charge < -0.3 is 4.74 Å². The Morgan fingerprint density at radius 2 is 1.40 bits per heavy atom. The summed E-state index contributed by atoms with van der Waals surface area (Å²) >= 11 is 4.25. The van der Waals surface area contributed by atoms with Crippen LogP contribution in [0.5, 0.6) is 5.75 Å². The van der Waals surface area contributed by atoms with Crippen molar-refractivity contribution < 1.29 is 21.1 Å². The maximum absolute atomic E-state index is 6.05. The van der Waals surface area contributed by atoms with Gasteiger partial charge in [0.1, 0.15) is 0 Å². The molecule has 0 aliphatic carbocycles. The molecule has 0 aromatic heterocycles. The zero-order valence-corrected chi connectivity index (χ0v) is 18.6. The molecule has 0 spiro atoms. The van der Waals surface area contributed by atoms with E-state index in [1.807, 2.05) is 0 Å². The van der Waals surface area contributed by atoms with E-state index >= 15 is 0 Å². The molecule has 0 heterocycles. The van der Waals surface area contributed by atoms with E-state index in [4.69, 9.17) is 4.74 Å². The van der Waals surface area contributed by atoms with Crippen molar-refractivity contribution in [3.8, 4) is 5.75 Å². The molecule has 0 radical (unpaired) electrons. The maximum atomic E-state index is 6.05. The van der Waals surface area contributed by atoms with Crippen molar-refractivity contribution >= 4 is 13.6 Å². The average Bonchev–Trinajstić information content (AvgIpc) is 2.36. The van der Waals surface area contributed by atoms with Crippen LogP contribution in [0.15, 0.2) is 12.1 Å². The second kappa shape index (κ2) is 8.54. The molecule has 20 heavy (non-hydrogen) atoms. The van der Waals surface area contributed by atoms with Crippen molar-refractivity contribution in [3.63, 3.8) is 0 Å². The van der Waals surface area contributed by atoms with Crippen LogP contribution in [-0.4, -0.2) is 6.61 Å². The van der Waals surface area contributed by atoms with Gasteiger partial charge in [-0.05, 0) is 6.42 Å². The van der Waals surface area contributed by atoms with Crippen molar-refractivity contribution in [2.24, 2.45) is 0 Å². The molecule has 1 aromatic carbocycles. The molecule has 0 unspecified atom stereocenters. The van der Waals surface area contributed by atoms with Gasteiger partial charge in [-0.25, -0.2) is 0 Å². The molecule has 1 rings (SSSR count). The third kappa shape index (κ3) is 5.86. The van der Waals surface area contributed by atoms with Crippen LogP contribution in [0.1, 0.15) is 66.0 Å². The van der Waals surface area contributed by atoms with Gasteiger partial charge in [0.2, 0.25) is 0 Å². The standard InChI is InChI=1S/C17H27O.BrH.Zn/c1-8-12-18-15-13(16(2,3)4)10-9-11-14(15)17(5,6)7;;/h10-11H,8,12H2,1-7H3;1H;/q-1;;+2/p-1. The molecule has 0 aliphatic rings. The summed E-state index contributed by atoms with van der Waals surface area (Å²) in [5.41, 5.74) is 2.67. The summed E-state index contributed by atoms with van der Waals surface area (Å²) in [6.07, 6.45) is 1.03. The van der Waals surface area contributed by atoms with Gasteiger partial charge >= 0.3 is 30.0 Å². The normalized spacial score (nSPS) is 11.7. The van der Waals surface area contributed by atoms with E-state index < -0.39 is 0 Å². The number of benzene rings is 1. The number of hydrogen-bond donors (Lipinski definition) is 0. The molecule has 1 nitrogen and oxygen atoms in total. The van der Waals surface area contributed by atoms with Crippen molar-refractivity contribution in [3.05, 3.63) is 29.3 Å². The van der Waals surface area contributed by atoms with Crippen LogP contribution in [0.25, 0.3) is 0 Å². The topological polar surface area (TPSA) is 9.23 Å². The third-order valence-electron chi connectivity index (χ3n) is 3.01. The summed E-state index contributed by atoms with van der Waals surface area (Å²) in [4.78, 5) is 0. The summed E-state index contributed by atoms with van der Waals surface area (Å²) in [5, 5.41) is 0. The fraction of sp³-hybridized carbons (Fsp3) is 0.647. The van der Waals surface area contributed by atoms with E-state index in [1.54, 1.807) is 0 Å². The molecule has 0 aliphatic heterocycles. The van der Waals surface area contributed by atoms with Crippen molar-refractivity contribution in [1.29, 1.82) is 0 Å². The zero-order valence-electron chi connectivity index (χ0n) is 14.1. The van der Waals surface area contributed by atoms with Crippen molar-refractivity contribution in [1.82, 2.24) is 0 Å². The van der Waals surface area contributed by atoms with Gasteiger partial charge in [0.05, 0.1) is 6.61 Å². The van der Waals surface area contributed by atoms with E-state index in [0.29, 0.717) is 0 Å². The van der Waals surface area contributed by atoms with Crippen LogP contribution in [0.3, 0.4) is 0 Å². The summed E-state index contributed by atoms with van der Waals surface area (Å²) in [7, 11) is 0. The SMILES string of the molecule is CCCOc1c(C(C)(C)C)c[c-]cc1C(C)(C)C.[Zn+][Br]. The summed E-state index contributed by atoms with van der Waals surface area (Å²) < 4.78 is 6.05. The predicted molar refractivity (Wildman–Crippen MR) is 87.4 cm³/mol. The first-order valence-electron chi connectivity index (χ1n) is 7.12. The molecule has 3 heteroatoms. The van der Waals surface area contributed by atoms with Crippen LogP contribution in [0.2, 0.25) is 0 Å². The van der Waals surface area contributed by atoms with Crippen LogP contribution in [0, 0.1) is 6.07 Å².